The first-order valence-electron chi connectivity index (χ1n) is 6.18. The van der Waals surface area contributed by atoms with E-state index in [0.717, 1.165) is 6.54 Å². The molecule has 0 fully saturated rings. The average Bonchev–Trinajstić information content (AvgIpc) is 3.08. The molecule has 0 atom stereocenters. The topological polar surface area (TPSA) is 3.24 Å². The summed E-state index contributed by atoms with van der Waals surface area (Å²) in [5, 5.41) is 2.13. The fourth-order valence-electron chi connectivity index (χ4n) is 2.36. The SMILES string of the molecule is Brc1cc2c(s1)-c1ccccc1CN2Sc1cccs1. The first-order chi connectivity index (χ1) is 9.81. The maximum absolute atomic E-state index is 3.63. The highest BCUT2D eigenvalue weighted by atomic mass is 79.9. The van der Waals surface area contributed by atoms with Gasteiger partial charge in [0, 0.05) is 0 Å². The van der Waals surface area contributed by atoms with Gasteiger partial charge in [0.2, 0.25) is 0 Å². The minimum absolute atomic E-state index is 0.953. The highest BCUT2D eigenvalue weighted by Crippen LogP contribution is 2.49. The highest BCUT2D eigenvalue weighted by Gasteiger charge is 2.25. The van der Waals surface area contributed by atoms with Crippen molar-refractivity contribution < 1.29 is 0 Å². The van der Waals surface area contributed by atoms with Crippen LogP contribution in [0.3, 0.4) is 0 Å². The molecule has 0 saturated heterocycles. The largest absolute Gasteiger partial charge is 0.306 e. The summed E-state index contributed by atoms with van der Waals surface area (Å²) in [5.41, 5.74) is 4.10. The first-order valence-corrected chi connectivity index (χ1v) is 9.44. The van der Waals surface area contributed by atoms with Crippen LogP contribution in [0.25, 0.3) is 10.4 Å². The molecule has 1 aromatic carbocycles. The normalized spacial score (nSPS) is 13.2. The molecule has 0 amide bonds. The highest BCUT2D eigenvalue weighted by molar-refractivity contribution is 9.11. The second kappa shape index (κ2) is 5.22. The van der Waals surface area contributed by atoms with Gasteiger partial charge in [-0.25, -0.2) is 0 Å². The predicted octanol–water partition coefficient (Wildman–Crippen LogP) is 6.27. The molecule has 0 N–H and O–H groups in total. The number of hydrogen-bond donors (Lipinski definition) is 0. The standard InChI is InChI=1S/C15H10BrNS3/c16-13-8-12-15(19-13)11-5-2-1-4-10(11)9-17(12)20-14-6-3-7-18-14/h1-8H,9H2. The van der Waals surface area contributed by atoms with Gasteiger partial charge in [-0.05, 0) is 56.5 Å². The Morgan fingerprint density at radius 3 is 2.90 bits per heavy atom. The second-order valence-corrected chi connectivity index (χ2v) is 9.18. The third kappa shape index (κ3) is 2.22. The summed E-state index contributed by atoms with van der Waals surface area (Å²) in [4.78, 5) is 1.36. The van der Waals surface area contributed by atoms with Gasteiger partial charge >= 0.3 is 0 Å². The Hall–Kier alpha value is -0.750. The van der Waals surface area contributed by atoms with E-state index in [4.69, 9.17) is 0 Å². The van der Waals surface area contributed by atoms with Crippen LogP contribution in [-0.4, -0.2) is 0 Å². The predicted molar refractivity (Wildman–Crippen MR) is 93.8 cm³/mol. The van der Waals surface area contributed by atoms with Crippen molar-refractivity contribution in [2.24, 2.45) is 0 Å². The van der Waals surface area contributed by atoms with Crippen LogP contribution in [0, 0.1) is 0 Å². The van der Waals surface area contributed by atoms with E-state index in [1.807, 2.05) is 23.3 Å². The van der Waals surface area contributed by atoms with Crippen LogP contribution < -0.4 is 4.31 Å². The minimum atomic E-state index is 0.953. The maximum Gasteiger partial charge on any atom is 0.0810 e. The van der Waals surface area contributed by atoms with Gasteiger partial charge in [-0.3, -0.25) is 0 Å². The molecule has 1 aliphatic rings. The summed E-state index contributed by atoms with van der Waals surface area (Å²) in [6.07, 6.45) is 0. The van der Waals surface area contributed by atoms with Crippen LogP contribution >= 0.6 is 50.6 Å². The molecule has 100 valence electrons. The van der Waals surface area contributed by atoms with E-state index >= 15 is 0 Å². The second-order valence-electron chi connectivity index (χ2n) is 4.48. The molecule has 0 aliphatic carbocycles. The zero-order chi connectivity index (χ0) is 13.5. The molecule has 0 spiro atoms. The third-order valence-electron chi connectivity index (χ3n) is 3.22. The van der Waals surface area contributed by atoms with Crippen molar-refractivity contribution in [2.45, 2.75) is 10.8 Å². The molecule has 20 heavy (non-hydrogen) atoms. The lowest BCUT2D eigenvalue weighted by molar-refractivity contribution is 1.04. The van der Waals surface area contributed by atoms with E-state index in [0.29, 0.717) is 0 Å². The van der Waals surface area contributed by atoms with Gasteiger partial charge in [-0.15, -0.1) is 22.7 Å². The van der Waals surface area contributed by atoms with Gasteiger partial charge in [0.15, 0.2) is 0 Å². The fourth-order valence-corrected chi connectivity index (χ4v) is 5.92. The van der Waals surface area contributed by atoms with E-state index in [1.54, 1.807) is 11.3 Å². The van der Waals surface area contributed by atoms with E-state index < -0.39 is 0 Å². The molecule has 0 radical (unpaired) electrons. The van der Waals surface area contributed by atoms with E-state index in [2.05, 4.69) is 68.1 Å². The van der Waals surface area contributed by atoms with Crippen LogP contribution in [0.15, 0.2) is 55.8 Å². The van der Waals surface area contributed by atoms with Crippen molar-refractivity contribution in [3.05, 3.63) is 57.2 Å². The molecular formula is C15H10BrNS3. The van der Waals surface area contributed by atoms with Crippen LogP contribution in [0.1, 0.15) is 5.56 Å². The minimum Gasteiger partial charge on any atom is -0.306 e. The molecule has 3 aromatic rings. The van der Waals surface area contributed by atoms with Gasteiger partial charge in [-0.1, -0.05) is 30.3 Å². The summed E-state index contributed by atoms with van der Waals surface area (Å²) in [6, 6.07) is 15.2. The number of halogens is 1. The Kier molecular flexibility index (Phi) is 3.38. The Morgan fingerprint density at radius 1 is 1.15 bits per heavy atom. The summed E-state index contributed by atoms with van der Waals surface area (Å²) >= 11 is 9.07. The van der Waals surface area contributed by atoms with Crippen molar-refractivity contribution in [1.82, 2.24) is 0 Å². The Balaban J connectivity index is 1.80. The number of anilines is 1. The van der Waals surface area contributed by atoms with Gasteiger partial charge in [0.1, 0.15) is 0 Å². The molecule has 4 rings (SSSR count). The van der Waals surface area contributed by atoms with E-state index in [1.165, 1.54) is 29.7 Å². The smallest absolute Gasteiger partial charge is 0.0810 e. The Morgan fingerprint density at radius 2 is 2.05 bits per heavy atom. The number of rotatable bonds is 2. The van der Waals surface area contributed by atoms with E-state index in [9.17, 15) is 0 Å². The molecule has 0 saturated carbocycles. The van der Waals surface area contributed by atoms with Crippen molar-refractivity contribution in [3.63, 3.8) is 0 Å². The van der Waals surface area contributed by atoms with Crippen molar-refractivity contribution in [2.75, 3.05) is 4.31 Å². The lowest BCUT2D eigenvalue weighted by Gasteiger charge is -2.28. The molecular weight excluding hydrogens is 370 g/mol. The van der Waals surface area contributed by atoms with Crippen molar-refractivity contribution >= 4 is 56.2 Å². The van der Waals surface area contributed by atoms with Gasteiger partial charge in [-0.2, -0.15) is 0 Å². The average molecular weight is 380 g/mol. The molecule has 0 bridgehead atoms. The van der Waals surface area contributed by atoms with Crippen LogP contribution in [0.2, 0.25) is 0 Å². The summed E-state index contributed by atoms with van der Waals surface area (Å²) in [7, 11) is 0. The number of hydrogen-bond acceptors (Lipinski definition) is 4. The van der Waals surface area contributed by atoms with Crippen LogP contribution in [0.5, 0.6) is 0 Å². The van der Waals surface area contributed by atoms with Crippen LogP contribution in [-0.2, 0) is 6.54 Å². The number of benzene rings is 1. The number of nitrogens with zero attached hydrogens (tertiary/aromatic N) is 1. The molecule has 1 nitrogen and oxygen atoms in total. The molecule has 0 unspecified atom stereocenters. The first kappa shape index (κ1) is 13.0. The quantitative estimate of drug-likeness (QED) is 0.482. The summed E-state index contributed by atoms with van der Waals surface area (Å²) < 4.78 is 4.92. The third-order valence-corrected chi connectivity index (χ3v) is 6.92. The summed E-state index contributed by atoms with van der Waals surface area (Å²) in [5.74, 6) is 0. The molecule has 3 heterocycles. The zero-order valence-corrected chi connectivity index (χ0v) is 14.4. The van der Waals surface area contributed by atoms with Crippen molar-refractivity contribution in [1.29, 1.82) is 0 Å². The lowest BCUT2D eigenvalue weighted by Crippen LogP contribution is -2.17. The van der Waals surface area contributed by atoms with Crippen LogP contribution in [0.4, 0.5) is 5.69 Å². The summed E-state index contributed by atoms with van der Waals surface area (Å²) in [6.45, 7) is 0.953. The monoisotopic (exact) mass is 379 g/mol. The van der Waals surface area contributed by atoms with Crippen molar-refractivity contribution in [3.8, 4) is 10.4 Å². The van der Waals surface area contributed by atoms with E-state index in [-0.39, 0.29) is 0 Å². The maximum atomic E-state index is 3.63. The molecule has 5 heteroatoms. The Labute approximate surface area is 138 Å². The zero-order valence-electron chi connectivity index (χ0n) is 10.4. The molecule has 2 aromatic heterocycles. The lowest BCUT2D eigenvalue weighted by atomic mass is 10.0. The Bertz CT molecular complexity index is 748. The van der Waals surface area contributed by atoms with Gasteiger partial charge < -0.3 is 4.31 Å². The number of fused-ring (bicyclic) bond motifs is 3. The van der Waals surface area contributed by atoms with Gasteiger partial charge in [0.05, 0.1) is 25.1 Å². The van der Waals surface area contributed by atoms with Gasteiger partial charge in [0.25, 0.3) is 0 Å². The fraction of sp³-hybridized carbons (Fsp3) is 0.0667. The number of thiophene rings is 2. The molecule has 1 aliphatic heterocycles.